The van der Waals surface area contributed by atoms with Crippen LogP contribution in [0.5, 0.6) is 0 Å². The molecule has 5 nitrogen and oxygen atoms in total. The molecular weight excluding hydrogens is 778 g/mol. The second kappa shape index (κ2) is 15.7. The number of aromatic nitrogens is 2. The summed E-state index contributed by atoms with van der Waals surface area (Å²) in [4.78, 5) is 33.1. The molecule has 45 heavy (non-hydrogen) atoms. The number of halogens is 3. The standard InChI is InChI=1S/C22H10F3N2OS.C13H24O2.Ir/c23-22(24,25)21(28)18-14-7-3-1-5-12(14)9-15-19(26-11-27-20(15)18)17-10-13-6-2-4-8-16(13)29-17;1-5-10(6-2)12(14)9-13(15)11(7-3)8-4;/h1-9,11H;9-11,14H,5-8H2,1-4H3;/q-1;;/b;12-9-;. The van der Waals surface area contributed by atoms with Gasteiger partial charge in [-0.25, -0.2) is 16.3 Å². The molecule has 5 rings (SSSR count). The fourth-order valence-corrected chi connectivity index (χ4v) is 6.24. The smallest absolute Gasteiger partial charge is 0.454 e. The molecule has 0 aliphatic carbocycles. The number of ketones is 2. The molecule has 0 unspecified atom stereocenters. The Morgan fingerprint density at radius 2 is 1.53 bits per heavy atom. The first-order valence-corrected chi connectivity index (χ1v) is 15.5. The second-order valence-electron chi connectivity index (χ2n) is 10.5. The fourth-order valence-electron chi connectivity index (χ4n) is 5.22. The van der Waals surface area contributed by atoms with Gasteiger partial charge in [0.05, 0.1) is 16.8 Å². The summed E-state index contributed by atoms with van der Waals surface area (Å²) in [5, 5.41) is 11.8. The number of aliphatic hydroxyl groups excluding tert-OH is 1. The van der Waals surface area contributed by atoms with Crippen LogP contribution in [0.25, 0.3) is 42.3 Å². The summed E-state index contributed by atoms with van der Waals surface area (Å²) in [6.45, 7) is 8.07. The number of carbonyl (C=O) groups excluding carboxylic acids is 2. The number of allylic oxidation sites excluding steroid dienone is 2. The number of hydrogen-bond donors (Lipinski definition) is 1. The quantitative estimate of drug-likeness (QED) is 0.0527. The number of alkyl halides is 3. The first-order chi connectivity index (χ1) is 21.0. The van der Waals surface area contributed by atoms with E-state index >= 15 is 0 Å². The Balaban J connectivity index is 0.000000297. The first kappa shape index (κ1) is 36.0. The number of benzene rings is 3. The van der Waals surface area contributed by atoms with Crippen molar-refractivity contribution in [3.63, 3.8) is 0 Å². The molecule has 10 heteroatoms. The van der Waals surface area contributed by atoms with Crippen molar-refractivity contribution in [2.45, 2.75) is 59.6 Å². The SMILES string of the molecule is CCC(CC)C(=O)/C=C(\O)C(CC)CC.O=C(c1c2ccccc2cc2c(-c3[c-]c4ccccc4s3)ncnc12)C(F)(F)F.[Ir]. The van der Waals surface area contributed by atoms with E-state index in [2.05, 4.69) is 16.0 Å². The van der Waals surface area contributed by atoms with Gasteiger partial charge < -0.3 is 5.11 Å². The molecule has 1 radical (unpaired) electrons. The predicted molar refractivity (Wildman–Crippen MR) is 171 cm³/mol. The summed E-state index contributed by atoms with van der Waals surface area (Å²) in [7, 11) is 0. The Morgan fingerprint density at radius 1 is 0.911 bits per heavy atom. The zero-order valence-corrected chi connectivity index (χ0v) is 28.6. The molecule has 3 aromatic carbocycles. The number of rotatable bonds is 9. The Hall–Kier alpha value is -3.46. The van der Waals surface area contributed by atoms with Crippen molar-refractivity contribution in [2.24, 2.45) is 11.8 Å². The van der Waals surface area contributed by atoms with Crippen molar-refractivity contribution < 1.29 is 48.0 Å². The molecule has 2 aromatic heterocycles. The van der Waals surface area contributed by atoms with Crippen LogP contribution in [0.15, 0.2) is 72.8 Å². The Bertz CT molecular complexity index is 1790. The average molecular weight is 812 g/mol. The molecule has 0 aliphatic rings. The van der Waals surface area contributed by atoms with Gasteiger partial charge in [-0.15, -0.1) is 23.6 Å². The molecule has 0 atom stereocenters. The zero-order valence-electron chi connectivity index (χ0n) is 25.4. The maximum atomic E-state index is 13.4. The molecule has 5 aromatic rings. The minimum Gasteiger partial charge on any atom is -0.512 e. The van der Waals surface area contributed by atoms with E-state index in [1.54, 1.807) is 24.3 Å². The van der Waals surface area contributed by atoms with Crippen LogP contribution in [-0.4, -0.2) is 32.8 Å². The van der Waals surface area contributed by atoms with Crippen molar-refractivity contribution in [3.8, 4) is 10.6 Å². The number of hydrogen-bond acceptors (Lipinski definition) is 6. The minimum atomic E-state index is -5.01. The van der Waals surface area contributed by atoms with Crippen LogP contribution in [0.2, 0.25) is 0 Å². The van der Waals surface area contributed by atoms with Gasteiger partial charge in [0.15, 0.2) is 5.78 Å². The topological polar surface area (TPSA) is 80.1 Å². The molecule has 0 saturated heterocycles. The van der Waals surface area contributed by atoms with E-state index in [0.717, 1.165) is 35.8 Å². The van der Waals surface area contributed by atoms with E-state index in [4.69, 9.17) is 0 Å². The van der Waals surface area contributed by atoms with E-state index in [1.165, 1.54) is 29.8 Å². The van der Waals surface area contributed by atoms with Gasteiger partial charge in [-0.05, 0) is 51.4 Å². The van der Waals surface area contributed by atoms with Gasteiger partial charge in [0.25, 0.3) is 5.78 Å². The van der Waals surface area contributed by atoms with E-state index in [0.29, 0.717) is 21.3 Å². The van der Waals surface area contributed by atoms with Gasteiger partial charge in [0, 0.05) is 43.7 Å². The number of nitrogens with zero attached hydrogens (tertiary/aromatic N) is 2. The fraction of sp³-hybridized carbons (Fsp3) is 0.314. The van der Waals surface area contributed by atoms with Crippen molar-refractivity contribution in [1.82, 2.24) is 9.97 Å². The van der Waals surface area contributed by atoms with Gasteiger partial charge in [0.2, 0.25) is 0 Å². The van der Waals surface area contributed by atoms with Crippen LogP contribution in [0, 0.1) is 17.9 Å². The molecule has 0 amide bonds. The maximum Gasteiger partial charge on any atom is 0.454 e. The Morgan fingerprint density at radius 3 is 2.16 bits per heavy atom. The Kier molecular flexibility index (Phi) is 12.6. The van der Waals surface area contributed by atoms with Gasteiger partial charge in [0.1, 0.15) is 6.33 Å². The molecule has 0 aliphatic heterocycles. The third-order valence-electron chi connectivity index (χ3n) is 7.78. The molecular formula is C35H34F3IrN2O3S-. The summed E-state index contributed by atoms with van der Waals surface area (Å²) in [5.41, 5.74) is -0.00424. The van der Waals surface area contributed by atoms with Gasteiger partial charge in [-0.1, -0.05) is 70.2 Å². The number of fused-ring (bicyclic) bond motifs is 3. The summed E-state index contributed by atoms with van der Waals surface area (Å²) in [5.74, 6) is -1.37. The summed E-state index contributed by atoms with van der Waals surface area (Å²) >= 11 is 1.44. The van der Waals surface area contributed by atoms with Crippen molar-refractivity contribution >= 4 is 54.7 Å². The largest absolute Gasteiger partial charge is 0.512 e. The van der Waals surface area contributed by atoms with E-state index in [-0.39, 0.29) is 54.4 Å². The third-order valence-corrected chi connectivity index (χ3v) is 8.85. The van der Waals surface area contributed by atoms with Crippen LogP contribution >= 0.6 is 11.3 Å². The van der Waals surface area contributed by atoms with Gasteiger partial charge in [-0.2, -0.15) is 13.2 Å². The van der Waals surface area contributed by atoms with Gasteiger partial charge in [-0.3, -0.25) is 14.6 Å². The monoisotopic (exact) mass is 812 g/mol. The maximum absolute atomic E-state index is 13.4. The van der Waals surface area contributed by atoms with Crippen molar-refractivity contribution in [2.75, 3.05) is 0 Å². The predicted octanol–water partition coefficient (Wildman–Crippen LogP) is 10.1. The second-order valence-corrected chi connectivity index (χ2v) is 11.5. The third kappa shape index (κ3) is 8.04. The number of aliphatic hydroxyl groups is 1. The number of Topliss-reactive ketones (excluding diaryl/α,β-unsaturated/α-hetero) is 1. The number of thiophene rings is 1. The first-order valence-electron chi connectivity index (χ1n) is 14.7. The average Bonchev–Trinajstić information content (AvgIpc) is 3.44. The molecule has 0 spiro atoms. The molecule has 0 bridgehead atoms. The molecule has 0 saturated carbocycles. The van der Waals surface area contributed by atoms with Crippen LogP contribution in [-0.2, 0) is 24.9 Å². The molecule has 239 valence electrons. The van der Waals surface area contributed by atoms with Crippen LogP contribution in [0.1, 0.15) is 63.7 Å². The van der Waals surface area contributed by atoms with Crippen molar-refractivity contribution in [1.29, 1.82) is 0 Å². The molecule has 0 fully saturated rings. The summed E-state index contributed by atoms with van der Waals surface area (Å²) < 4.78 is 41.1. The normalized spacial score (nSPS) is 12.0. The van der Waals surface area contributed by atoms with Crippen LogP contribution < -0.4 is 0 Å². The van der Waals surface area contributed by atoms with E-state index in [9.17, 15) is 27.9 Å². The van der Waals surface area contributed by atoms with Crippen LogP contribution in [0.3, 0.4) is 0 Å². The minimum absolute atomic E-state index is 0. The summed E-state index contributed by atoms with van der Waals surface area (Å²) in [6, 6.07) is 19.1. The zero-order chi connectivity index (χ0) is 32.0. The molecule has 2 heterocycles. The van der Waals surface area contributed by atoms with E-state index in [1.807, 2.05) is 52.0 Å². The van der Waals surface area contributed by atoms with E-state index < -0.39 is 17.5 Å². The molecule has 1 N–H and O–H groups in total. The number of carbonyl (C=O) groups is 2. The van der Waals surface area contributed by atoms with Gasteiger partial charge >= 0.3 is 6.18 Å². The summed E-state index contributed by atoms with van der Waals surface area (Å²) in [6.07, 6.45) is 1.09. The van der Waals surface area contributed by atoms with Crippen LogP contribution in [0.4, 0.5) is 13.2 Å². The Labute approximate surface area is 277 Å². The van der Waals surface area contributed by atoms with Crippen molar-refractivity contribution in [3.05, 3.63) is 84.4 Å².